The molecule has 2 aromatic rings. The fraction of sp³-hybridized carbons (Fsp3) is 0.455. The summed E-state index contributed by atoms with van der Waals surface area (Å²) in [4.78, 5) is 19.0. The van der Waals surface area contributed by atoms with Crippen LogP contribution in [0.2, 0.25) is 0 Å². The molecule has 26 heavy (non-hydrogen) atoms. The zero-order valence-corrected chi connectivity index (χ0v) is 15.7. The highest BCUT2D eigenvalue weighted by atomic mass is 16.6. The van der Waals surface area contributed by atoms with Gasteiger partial charge in [-0.15, -0.1) is 0 Å². The van der Waals surface area contributed by atoms with Crippen molar-refractivity contribution in [2.45, 2.75) is 64.1 Å². The predicted molar refractivity (Wildman–Crippen MR) is 104 cm³/mol. The molecule has 136 valence electrons. The van der Waals surface area contributed by atoms with Gasteiger partial charge in [0.1, 0.15) is 5.60 Å². The second-order valence-electron chi connectivity index (χ2n) is 8.34. The Morgan fingerprint density at radius 2 is 2.08 bits per heavy atom. The molecule has 2 unspecified atom stereocenters. The first kappa shape index (κ1) is 17.1. The molecule has 4 nitrogen and oxygen atoms in total. The van der Waals surface area contributed by atoms with Gasteiger partial charge in [-0.25, -0.2) is 4.79 Å². The third kappa shape index (κ3) is 3.20. The molecule has 1 aromatic carbocycles. The van der Waals surface area contributed by atoms with Crippen molar-refractivity contribution in [1.82, 2.24) is 9.88 Å². The van der Waals surface area contributed by atoms with Crippen molar-refractivity contribution < 1.29 is 9.53 Å². The van der Waals surface area contributed by atoms with Crippen molar-refractivity contribution in [3.8, 4) is 0 Å². The Kier molecular flexibility index (Phi) is 4.22. The summed E-state index contributed by atoms with van der Waals surface area (Å²) in [6, 6.07) is 8.82. The van der Waals surface area contributed by atoms with Crippen molar-refractivity contribution >= 4 is 22.4 Å². The summed E-state index contributed by atoms with van der Waals surface area (Å²) in [6.07, 6.45) is 9.97. The second kappa shape index (κ2) is 6.42. The zero-order chi connectivity index (χ0) is 18.3. The van der Waals surface area contributed by atoms with Crippen LogP contribution in [0.25, 0.3) is 16.3 Å². The number of pyridine rings is 1. The van der Waals surface area contributed by atoms with Gasteiger partial charge in [0.05, 0.1) is 6.04 Å². The molecule has 2 aliphatic rings. The molecule has 1 aromatic heterocycles. The lowest BCUT2D eigenvalue weighted by Gasteiger charge is -2.45. The van der Waals surface area contributed by atoms with Gasteiger partial charge in [0.2, 0.25) is 0 Å². The van der Waals surface area contributed by atoms with E-state index in [0.717, 1.165) is 31.1 Å². The summed E-state index contributed by atoms with van der Waals surface area (Å²) in [5, 5.41) is 2.39. The minimum Gasteiger partial charge on any atom is -0.444 e. The number of benzene rings is 1. The van der Waals surface area contributed by atoms with E-state index in [-0.39, 0.29) is 18.2 Å². The van der Waals surface area contributed by atoms with Gasteiger partial charge in [-0.2, -0.15) is 0 Å². The Balaban J connectivity index is 1.69. The number of piperidine rings is 1. The fourth-order valence-electron chi connectivity index (χ4n) is 4.23. The third-order valence-electron chi connectivity index (χ3n) is 5.27. The largest absolute Gasteiger partial charge is 0.444 e. The maximum atomic E-state index is 12.7. The molecule has 1 fully saturated rings. The van der Waals surface area contributed by atoms with Crippen LogP contribution in [0.3, 0.4) is 0 Å². The standard InChI is InChI=1S/C22H26N2O2/c1-22(2,3)26-21(25)24-17-7-5-8-18(24)13-16(12-17)19-9-4-6-15-14-23-11-10-20(15)19/h4,6,9-12,14,17-18H,5,7-8,13H2,1-3H3. The summed E-state index contributed by atoms with van der Waals surface area (Å²) < 4.78 is 5.67. The smallest absolute Gasteiger partial charge is 0.411 e. The number of rotatable bonds is 1. The van der Waals surface area contributed by atoms with Crippen molar-refractivity contribution in [2.75, 3.05) is 0 Å². The number of fused-ring (bicyclic) bond motifs is 3. The Hall–Kier alpha value is -2.36. The molecule has 2 aliphatic heterocycles. The van der Waals surface area contributed by atoms with Crippen LogP contribution < -0.4 is 0 Å². The van der Waals surface area contributed by atoms with E-state index in [4.69, 9.17) is 4.74 Å². The van der Waals surface area contributed by atoms with E-state index in [0.29, 0.717) is 0 Å². The monoisotopic (exact) mass is 350 g/mol. The van der Waals surface area contributed by atoms with E-state index >= 15 is 0 Å². The van der Waals surface area contributed by atoms with E-state index < -0.39 is 5.60 Å². The number of ether oxygens (including phenoxy) is 1. The molecule has 0 radical (unpaired) electrons. The maximum Gasteiger partial charge on any atom is 0.411 e. The van der Waals surface area contributed by atoms with Gasteiger partial charge in [-0.3, -0.25) is 9.88 Å². The summed E-state index contributed by atoms with van der Waals surface area (Å²) in [7, 11) is 0. The first-order valence-electron chi connectivity index (χ1n) is 9.47. The van der Waals surface area contributed by atoms with Gasteiger partial charge in [-0.1, -0.05) is 24.3 Å². The molecule has 2 bridgehead atoms. The Bertz CT molecular complexity index is 861. The quantitative estimate of drug-likeness (QED) is 0.711. The van der Waals surface area contributed by atoms with E-state index in [1.54, 1.807) is 0 Å². The molecule has 4 rings (SSSR count). The Labute approximate surface area is 154 Å². The van der Waals surface area contributed by atoms with Gasteiger partial charge >= 0.3 is 6.09 Å². The first-order chi connectivity index (χ1) is 12.4. The van der Waals surface area contributed by atoms with E-state index in [9.17, 15) is 4.79 Å². The molecule has 2 atom stereocenters. The van der Waals surface area contributed by atoms with Crippen molar-refractivity contribution in [1.29, 1.82) is 0 Å². The van der Waals surface area contributed by atoms with Crippen LogP contribution in [0, 0.1) is 0 Å². The average molecular weight is 350 g/mol. The minimum absolute atomic E-state index is 0.129. The molecule has 1 amide bonds. The van der Waals surface area contributed by atoms with Crippen LogP contribution in [0.1, 0.15) is 52.0 Å². The molecule has 0 saturated carbocycles. The number of hydrogen-bond donors (Lipinski definition) is 0. The first-order valence-corrected chi connectivity index (χ1v) is 9.47. The minimum atomic E-state index is -0.460. The molecular weight excluding hydrogens is 324 g/mol. The Morgan fingerprint density at radius 3 is 2.85 bits per heavy atom. The van der Waals surface area contributed by atoms with Crippen molar-refractivity contribution in [3.05, 3.63) is 48.3 Å². The predicted octanol–water partition coefficient (Wildman–Crippen LogP) is 5.18. The van der Waals surface area contributed by atoms with Gasteiger partial charge in [0.25, 0.3) is 0 Å². The van der Waals surface area contributed by atoms with Crippen LogP contribution in [0.4, 0.5) is 4.79 Å². The third-order valence-corrected chi connectivity index (χ3v) is 5.27. The van der Waals surface area contributed by atoms with Gasteiger partial charge < -0.3 is 4.74 Å². The average Bonchev–Trinajstić information content (AvgIpc) is 2.58. The van der Waals surface area contributed by atoms with Gasteiger partial charge in [0.15, 0.2) is 0 Å². The highest BCUT2D eigenvalue weighted by molar-refractivity contribution is 5.94. The van der Waals surface area contributed by atoms with E-state index in [1.807, 2.05) is 38.1 Å². The molecule has 0 N–H and O–H groups in total. The molecule has 3 heterocycles. The number of carbonyl (C=O) groups excluding carboxylic acids is 1. The van der Waals surface area contributed by atoms with Crippen molar-refractivity contribution in [3.63, 3.8) is 0 Å². The Morgan fingerprint density at radius 1 is 1.23 bits per heavy atom. The summed E-state index contributed by atoms with van der Waals surface area (Å²) >= 11 is 0. The second-order valence-corrected chi connectivity index (χ2v) is 8.34. The topological polar surface area (TPSA) is 42.4 Å². The lowest BCUT2D eigenvalue weighted by Crippen LogP contribution is -2.53. The lowest BCUT2D eigenvalue weighted by molar-refractivity contribution is 0.0000928. The maximum absolute atomic E-state index is 12.7. The van der Waals surface area contributed by atoms with E-state index in [2.05, 4.69) is 35.3 Å². The van der Waals surface area contributed by atoms with Gasteiger partial charge in [-0.05, 0) is 69.0 Å². The van der Waals surface area contributed by atoms with Crippen LogP contribution in [-0.4, -0.2) is 33.7 Å². The number of hydrogen-bond acceptors (Lipinski definition) is 3. The number of nitrogens with zero attached hydrogens (tertiary/aromatic N) is 2. The number of amides is 1. The number of carbonyl (C=O) groups is 1. The van der Waals surface area contributed by atoms with Gasteiger partial charge in [0, 0.05) is 23.8 Å². The lowest BCUT2D eigenvalue weighted by atomic mass is 9.82. The highest BCUT2D eigenvalue weighted by Crippen LogP contribution is 2.39. The molecular formula is C22H26N2O2. The van der Waals surface area contributed by atoms with Crippen LogP contribution in [0.15, 0.2) is 42.7 Å². The SMILES string of the molecule is CC(C)(C)OC(=O)N1C2C=C(c3cccc4cnccc34)CC1CCC2. The van der Waals surface area contributed by atoms with E-state index in [1.165, 1.54) is 16.5 Å². The molecule has 4 heteroatoms. The van der Waals surface area contributed by atoms with Crippen molar-refractivity contribution in [2.24, 2.45) is 0 Å². The highest BCUT2D eigenvalue weighted by Gasteiger charge is 2.39. The molecule has 0 aliphatic carbocycles. The fourth-order valence-corrected chi connectivity index (χ4v) is 4.23. The normalized spacial score (nSPS) is 22.9. The summed E-state index contributed by atoms with van der Waals surface area (Å²) in [6.45, 7) is 5.78. The van der Waals surface area contributed by atoms with Crippen LogP contribution in [0.5, 0.6) is 0 Å². The zero-order valence-electron chi connectivity index (χ0n) is 15.7. The summed E-state index contributed by atoms with van der Waals surface area (Å²) in [5.41, 5.74) is 2.15. The molecule has 0 spiro atoms. The summed E-state index contributed by atoms with van der Waals surface area (Å²) in [5.74, 6) is 0. The molecule has 1 saturated heterocycles. The number of aromatic nitrogens is 1. The van der Waals surface area contributed by atoms with Crippen LogP contribution in [-0.2, 0) is 4.74 Å². The van der Waals surface area contributed by atoms with Crippen LogP contribution >= 0.6 is 0 Å².